The monoisotopic (exact) mass is 313 g/mol. The van der Waals surface area contributed by atoms with E-state index in [1.54, 1.807) is 27.9 Å². The maximum absolute atomic E-state index is 5.60. The molecule has 1 unspecified atom stereocenters. The number of hydrogen-bond donors (Lipinski definition) is 1. The molecule has 127 valence electrons. The Morgan fingerprint density at radius 3 is 2.23 bits per heavy atom. The average Bonchev–Trinajstić information content (AvgIpc) is 2.87. The second kappa shape index (κ2) is 10.00. The topological polar surface area (TPSA) is 75.3 Å². The zero-order valence-corrected chi connectivity index (χ0v) is 14.9. The van der Waals surface area contributed by atoms with Gasteiger partial charge in [0.2, 0.25) is 0 Å². The minimum Gasteiger partial charge on any atom is -0.427 e. The lowest BCUT2D eigenvalue weighted by molar-refractivity contribution is -0.125. The Morgan fingerprint density at radius 1 is 1.36 bits per heavy atom. The van der Waals surface area contributed by atoms with Gasteiger partial charge in [0.05, 0.1) is 24.9 Å². The van der Waals surface area contributed by atoms with Crippen molar-refractivity contribution in [2.45, 2.75) is 52.1 Å². The molecule has 0 aromatic carbocycles. The van der Waals surface area contributed by atoms with Crippen LogP contribution in [0.3, 0.4) is 0 Å². The molecule has 1 heterocycles. The molecule has 0 saturated carbocycles. The smallest absolute Gasteiger partial charge is 0.333 e. The van der Waals surface area contributed by atoms with Crippen LogP contribution < -0.4 is 5.73 Å². The highest BCUT2D eigenvalue weighted by atomic mass is 16.7. The Bertz CT molecular complexity index is 363. The highest BCUT2D eigenvalue weighted by Crippen LogP contribution is 2.17. The van der Waals surface area contributed by atoms with E-state index < -0.39 is 5.60 Å². The molecule has 1 fully saturated rings. The van der Waals surface area contributed by atoms with Gasteiger partial charge in [0, 0.05) is 20.4 Å². The van der Waals surface area contributed by atoms with Crippen LogP contribution in [-0.4, -0.2) is 58.6 Å². The lowest BCUT2D eigenvalue weighted by Crippen LogP contribution is -2.39. The normalized spacial score (nSPS) is 19.7. The number of aliphatic imine (C=N–C) groups is 1. The predicted octanol–water partition coefficient (Wildman–Crippen LogP) is 1.71. The summed E-state index contributed by atoms with van der Waals surface area (Å²) in [5, 5.41) is 0. The Balaban J connectivity index is 0.000000518. The van der Waals surface area contributed by atoms with Crippen molar-refractivity contribution in [3.8, 4) is 0 Å². The first-order chi connectivity index (χ1) is 10.2. The van der Waals surface area contributed by atoms with Gasteiger partial charge < -0.3 is 24.6 Å². The molecule has 0 aromatic rings. The Labute approximate surface area is 135 Å². The van der Waals surface area contributed by atoms with Crippen molar-refractivity contribution in [2.24, 2.45) is 10.7 Å². The summed E-state index contributed by atoms with van der Waals surface area (Å²) in [4.78, 5) is 3.86. The second-order valence-electron chi connectivity index (χ2n) is 5.87. The van der Waals surface area contributed by atoms with E-state index in [9.17, 15) is 0 Å². The van der Waals surface area contributed by atoms with Crippen LogP contribution in [-0.2, 0) is 18.9 Å². The number of allylic oxidation sites excluding steroid dienone is 1. The van der Waals surface area contributed by atoms with Crippen LogP contribution in [0.5, 0.6) is 0 Å². The van der Waals surface area contributed by atoms with Gasteiger partial charge in [0.25, 0.3) is 0 Å². The number of nitrogens with two attached hydrogens (primary N) is 1. The van der Waals surface area contributed by atoms with E-state index in [0.717, 1.165) is 18.7 Å². The summed E-state index contributed by atoms with van der Waals surface area (Å²) in [6.45, 7) is 11.2. The highest BCUT2D eigenvalue weighted by Gasteiger charge is 2.26. The minimum atomic E-state index is -0.398. The van der Waals surface area contributed by atoms with Crippen molar-refractivity contribution in [1.29, 1.82) is 0 Å². The van der Waals surface area contributed by atoms with E-state index >= 15 is 0 Å². The van der Waals surface area contributed by atoms with E-state index in [0.29, 0.717) is 0 Å². The average molecular weight is 313 g/mol. The molecule has 6 nitrogen and oxygen atoms in total. The first kappa shape index (κ1) is 21.1. The molecule has 22 heavy (non-hydrogen) atoms. The maximum Gasteiger partial charge on any atom is 0.333 e. The fourth-order valence-electron chi connectivity index (χ4n) is 1.48. The largest absolute Gasteiger partial charge is 0.427 e. The van der Waals surface area contributed by atoms with Crippen molar-refractivity contribution >= 4 is 13.7 Å². The molecule has 2 N–H and O–H groups in total. The van der Waals surface area contributed by atoms with E-state index in [1.165, 1.54) is 6.20 Å². The molecule has 1 aliphatic heterocycles. The minimum absolute atomic E-state index is 0.00802. The van der Waals surface area contributed by atoms with Gasteiger partial charge in [-0.25, -0.2) is 0 Å². The zero-order valence-electron chi connectivity index (χ0n) is 14.9. The standard InChI is InChI=1S/C10H20BN2O2.C5H10O2/c1-8(14-5)10(2,3)15-11-9(6-12)7-13-4;1-5(2)6-3-4-7-5/h6-8H,12H2,1-5H3;3-4H2,1-2H3/b9-6+,13-7?;. The molecule has 1 radical (unpaired) electrons. The van der Waals surface area contributed by atoms with Crippen LogP contribution in [0.2, 0.25) is 0 Å². The molecule has 7 heteroatoms. The molecule has 1 atom stereocenters. The fourth-order valence-corrected chi connectivity index (χ4v) is 1.48. The third-order valence-electron chi connectivity index (χ3n) is 3.28. The quantitative estimate of drug-likeness (QED) is 0.597. The Kier molecular flexibility index (Phi) is 9.59. The summed E-state index contributed by atoms with van der Waals surface area (Å²) in [5.74, 6) is -0.306. The van der Waals surface area contributed by atoms with Crippen molar-refractivity contribution in [3.63, 3.8) is 0 Å². The second-order valence-corrected chi connectivity index (χ2v) is 5.87. The van der Waals surface area contributed by atoms with Gasteiger partial charge in [0.15, 0.2) is 5.79 Å². The molecule has 0 bridgehead atoms. The molecule has 0 aliphatic carbocycles. The summed E-state index contributed by atoms with van der Waals surface area (Å²) < 4.78 is 21.0. The molecule has 1 rings (SSSR count). The number of ether oxygens (including phenoxy) is 3. The van der Waals surface area contributed by atoms with Crippen molar-refractivity contribution < 1.29 is 18.9 Å². The third-order valence-corrected chi connectivity index (χ3v) is 3.28. The predicted molar refractivity (Wildman–Crippen MR) is 90.1 cm³/mol. The third kappa shape index (κ3) is 8.53. The molecule has 0 spiro atoms. The number of methoxy groups -OCH3 is 1. The molecule has 0 amide bonds. The first-order valence-corrected chi connectivity index (χ1v) is 7.34. The Hall–Kier alpha value is -0.885. The molecule has 0 aromatic heterocycles. The lowest BCUT2D eigenvalue weighted by atomic mass is 9.86. The van der Waals surface area contributed by atoms with Crippen LogP contribution >= 0.6 is 0 Å². The van der Waals surface area contributed by atoms with Gasteiger partial charge in [-0.3, -0.25) is 4.99 Å². The summed E-state index contributed by atoms with van der Waals surface area (Å²) in [7, 11) is 4.92. The zero-order chi connectivity index (χ0) is 17.2. The fraction of sp³-hybridized carbons (Fsp3) is 0.800. The van der Waals surface area contributed by atoms with E-state index in [4.69, 9.17) is 24.6 Å². The molecular weight excluding hydrogens is 283 g/mol. The SMILES string of the molecule is CC1(C)OCCO1.CN=C/C([B]OC(C)(C)C(C)OC)=C\N. The van der Waals surface area contributed by atoms with E-state index in [1.807, 2.05) is 34.6 Å². The van der Waals surface area contributed by atoms with Gasteiger partial charge >= 0.3 is 7.48 Å². The van der Waals surface area contributed by atoms with Gasteiger partial charge in [-0.1, -0.05) is 0 Å². The summed E-state index contributed by atoms with van der Waals surface area (Å²) in [6.07, 6.45) is 3.07. The Morgan fingerprint density at radius 2 is 1.91 bits per heavy atom. The summed E-state index contributed by atoms with van der Waals surface area (Å²) in [6, 6.07) is 0. The van der Waals surface area contributed by atoms with Crippen LogP contribution in [0.25, 0.3) is 0 Å². The molecule has 1 aliphatic rings. The molecular formula is C15H30BN2O4. The number of rotatable bonds is 6. The maximum atomic E-state index is 5.60. The summed E-state index contributed by atoms with van der Waals surface area (Å²) >= 11 is 0. The van der Waals surface area contributed by atoms with Crippen LogP contribution in [0, 0.1) is 0 Å². The van der Waals surface area contributed by atoms with Gasteiger partial charge in [0.1, 0.15) is 0 Å². The van der Waals surface area contributed by atoms with Gasteiger partial charge in [-0.15, -0.1) is 0 Å². The molecule has 1 saturated heterocycles. The summed E-state index contributed by atoms with van der Waals surface area (Å²) in [5.41, 5.74) is 5.73. The van der Waals surface area contributed by atoms with Crippen LogP contribution in [0.4, 0.5) is 0 Å². The van der Waals surface area contributed by atoms with Crippen molar-refractivity contribution in [3.05, 3.63) is 11.7 Å². The number of hydrogen-bond acceptors (Lipinski definition) is 6. The number of nitrogens with zero attached hydrogens (tertiary/aromatic N) is 1. The first-order valence-electron chi connectivity index (χ1n) is 7.34. The van der Waals surface area contributed by atoms with Crippen molar-refractivity contribution in [2.75, 3.05) is 27.4 Å². The van der Waals surface area contributed by atoms with Crippen molar-refractivity contribution in [1.82, 2.24) is 0 Å². The van der Waals surface area contributed by atoms with Gasteiger partial charge in [-0.05, 0) is 46.3 Å². The lowest BCUT2D eigenvalue weighted by Gasteiger charge is -2.31. The van der Waals surface area contributed by atoms with Crippen LogP contribution in [0.1, 0.15) is 34.6 Å². The van der Waals surface area contributed by atoms with E-state index in [-0.39, 0.29) is 11.9 Å². The van der Waals surface area contributed by atoms with Crippen LogP contribution in [0.15, 0.2) is 16.7 Å². The van der Waals surface area contributed by atoms with E-state index in [2.05, 4.69) is 4.99 Å². The van der Waals surface area contributed by atoms with Gasteiger partial charge in [-0.2, -0.15) is 0 Å². The highest BCUT2D eigenvalue weighted by molar-refractivity contribution is 6.46.